The van der Waals surface area contributed by atoms with E-state index in [9.17, 15) is 18.6 Å². The largest absolute Gasteiger partial charge is 0.508 e. The Kier molecular flexibility index (Phi) is 3.24. The third-order valence-electron chi connectivity index (χ3n) is 2.85. The second-order valence-corrected chi connectivity index (χ2v) is 6.31. The van der Waals surface area contributed by atoms with E-state index in [4.69, 9.17) is 0 Å². The first kappa shape index (κ1) is 13.4. The molecule has 0 unspecified atom stereocenters. The summed E-state index contributed by atoms with van der Waals surface area (Å²) in [7, 11) is -3.80. The number of phenolic OH excluding ortho intramolecular Hbond substituents is 2. The predicted octanol–water partition coefficient (Wildman–Crippen LogP) is 2.55. The molecule has 0 aliphatic rings. The molecule has 0 radical (unpaired) electrons. The topological polar surface area (TPSA) is 74.6 Å². The first-order chi connectivity index (χ1) is 8.82. The molecule has 0 saturated heterocycles. The van der Waals surface area contributed by atoms with E-state index in [1.165, 1.54) is 30.3 Å². The zero-order valence-corrected chi connectivity index (χ0v) is 11.4. The van der Waals surface area contributed by atoms with Gasteiger partial charge in [0, 0.05) is 0 Å². The van der Waals surface area contributed by atoms with E-state index < -0.39 is 9.84 Å². The van der Waals surface area contributed by atoms with Crippen LogP contribution in [-0.4, -0.2) is 18.6 Å². The van der Waals surface area contributed by atoms with Gasteiger partial charge in [0.1, 0.15) is 16.4 Å². The summed E-state index contributed by atoms with van der Waals surface area (Å²) in [6.07, 6.45) is 0. The quantitative estimate of drug-likeness (QED) is 0.885. The molecule has 5 heteroatoms. The summed E-state index contributed by atoms with van der Waals surface area (Å²) in [5.41, 5.74) is 1.17. The summed E-state index contributed by atoms with van der Waals surface area (Å²) in [4.78, 5) is -0.0486. The number of aromatic hydroxyl groups is 2. The summed E-state index contributed by atoms with van der Waals surface area (Å²) in [6, 6.07) is 8.45. The molecule has 2 aromatic carbocycles. The highest BCUT2D eigenvalue weighted by atomic mass is 32.2. The molecule has 0 aliphatic heterocycles. The molecular formula is C14H14O4S. The standard InChI is InChI=1S/C14H14O4S/c1-9-3-5-12(16)14(7-9)19(17,18)13-6-4-11(15)8-10(13)2/h3-8,15-16H,1-2H3. The summed E-state index contributed by atoms with van der Waals surface area (Å²) < 4.78 is 25.0. The van der Waals surface area contributed by atoms with Gasteiger partial charge in [-0.25, -0.2) is 8.42 Å². The van der Waals surface area contributed by atoms with Crippen molar-refractivity contribution in [2.75, 3.05) is 0 Å². The Hall–Kier alpha value is -2.01. The number of hydrogen-bond acceptors (Lipinski definition) is 4. The van der Waals surface area contributed by atoms with Gasteiger partial charge in [0.05, 0.1) is 4.90 Å². The van der Waals surface area contributed by atoms with Gasteiger partial charge in [-0.2, -0.15) is 0 Å². The maximum atomic E-state index is 12.5. The van der Waals surface area contributed by atoms with Crippen LogP contribution in [0.4, 0.5) is 0 Å². The van der Waals surface area contributed by atoms with Gasteiger partial charge in [-0.1, -0.05) is 6.07 Å². The molecule has 100 valence electrons. The molecule has 4 nitrogen and oxygen atoms in total. The van der Waals surface area contributed by atoms with Gasteiger partial charge in [0.25, 0.3) is 0 Å². The van der Waals surface area contributed by atoms with Crippen molar-refractivity contribution in [3.05, 3.63) is 47.5 Å². The zero-order chi connectivity index (χ0) is 14.2. The van der Waals surface area contributed by atoms with Gasteiger partial charge in [-0.05, 0) is 55.3 Å². The molecule has 2 rings (SSSR count). The van der Waals surface area contributed by atoms with Crippen molar-refractivity contribution in [3.63, 3.8) is 0 Å². The molecule has 0 aromatic heterocycles. The van der Waals surface area contributed by atoms with Crippen LogP contribution in [0.3, 0.4) is 0 Å². The maximum Gasteiger partial charge on any atom is 0.210 e. The SMILES string of the molecule is Cc1ccc(O)c(S(=O)(=O)c2ccc(O)cc2C)c1. The molecule has 0 spiro atoms. The molecule has 19 heavy (non-hydrogen) atoms. The van der Waals surface area contributed by atoms with Gasteiger partial charge in [-0.15, -0.1) is 0 Å². The van der Waals surface area contributed by atoms with Crippen LogP contribution in [0, 0.1) is 13.8 Å². The summed E-state index contributed by atoms with van der Waals surface area (Å²) in [5, 5.41) is 19.1. The lowest BCUT2D eigenvalue weighted by Crippen LogP contribution is -2.04. The molecule has 0 fully saturated rings. The van der Waals surface area contributed by atoms with Gasteiger partial charge in [0.15, 0.2) is 0 Å². The molecular weight excluding hydrogens is 264 g/mol. The third-order valence-corrected chi connectivity index (χ3v) is 4.80. The minimum absolute atomic E-state index is 0.00455. The zero-order valence-electron chi connectivity index (χ0n) is 10.6. The van der Waals surface area contributed by atoms with Crippen LogP contribution in [0.5, 0.6) is 11.5 Å². The van der Waals surface area contributed by atoms with Gasteiger partial charge < -0.3 is 10.2 Å². The van der Waals surface area contributed by atoms with E-state index in [1.54, 1.807) is 19.9 Å². The Balaban J connectivity index is 2.69. The summed E-state index contributed by atoms with van der Waals surface area (Å²) in [6.45, 7) is 3.35. The van der Waals surface area contributed by atoms with E-state index >= 15 is 0 Å². The number of rotatable bonds is 2. The molecule has 0 saturated carbocycles. The Labute approximate surface area is 111 Å². The van der Waals surface area contributed by atoms with Crippen molar-refractivity contribution in [2.45, 2.75) is 23.6 Å². The number of hydrogen-bond donors (Lipinski definition) is 2. The first-order valence-electron chi connectivity index (χ1n) is 5.66. The van der Waals surface area contributed by atoms with E-state index in [2.05, 4.69) is 0 Å². The number of aryl methyl sites for hydroxylation is 2. The van der Waals surface area contributed by atoms with Crippen LogP contribution in [0.2, 0.25) is 0 Å². The monoisotopic (exact) mass is 278 g/mol. The van der Waals surface area contributed by atoms with Crippen molar-refractivity contribution in [3.8, 4) is 11.5 Å². The van der Waals surface area contributed by atoms with Gasteiger partial charge in [-0.3, -0.25) is 0 Å². The van der Waals surface area contributed by atoms with E-state index in [0.29, 0.717) is 5.56 Å². The van der Waals surface area contributed by atoms with Gasteiger partial charge in [0.2, 0.25) is 9.84 Å². The highest BCUT2D eigenvalue weighted by Gasteiger charge is 2.23. The Morgan fingerprint density at radius 1 is 0.895 bits per heavy atom. The Morgan fingerprint density at radius 3 is 2.21 bits per heavy atom. The smallest absolute Gasteiger partial charge is 0.210 e. The predicted molar refractivity (Wildman–Crippen MR) is 71.1 cm³/mol. The third kappa shape index (κ3) is 2.42. The highest BCUT2D eigenvalue weighted by molar-refractivity contribution is 7.91. The number of phenols is 2. The minimum atomic E-state index is -3.80. The second-order valence-electron chi connectivity index (χ2n) is 4.42. The Bertz CT molecular complexity index is 733. The lowest BCUT2D eigenvalue weighted by molar-refractivity contribution is 0.458. The fourth-order valence-electron chi connectivity index (χ4n) is 1.89. The molecule has 2 N–H and O–H groups in total. The Morgan fingerprint density at radius 2 is 1.58 bits per heavy atom. The van der Waals surface area contributed by atoms with Gasteiger partial charge >= 0.3 is 0 Å². The summed E-state index contributed by atoms with van der Waals surface area (Å²) >= 11 is 0. The highest BCUT2D eigenvalue weighted by Crippen LogP contribution is 2.32. The molecule has 2 aromatic rings. The van der Waals surface area contributed by atoms with E-state index in [1.807, 2.05) is 0 Å². The van der Waals surface area contributed by atoms with Crippen molar-refractivity contribution < 1.29 is 18.6 Å². The van der Waals surface area contributed by atoms with Crippen molar-refractivity contribution in [1.82, 2.24) is 0 Å². The van der Waals surface area contributed by atoms with Crippen LogP contribution in [0.15, 0.2) is 46.2 Å². The fraction of sp³-hybridized carbons (Fsp3) is 0.143. The second kappa shape index (κ2) is 4.59. The molecule has 0 aliphatic carbocycles. The van der Waals surface area contributed by atoms with Crippen LogP contribution in [-0.2, 0) is 9.84 Å². The average molecular weight is 278 g/mol. The summed E-state index contributed by atoms with van der Waals surface area (Å²) in [5.74, 6) is -0.275. The van der Waals surface area contributed by atoms with Crippen LogP contribution < -0.4 is 0 Å². The lowest BCUT2D eigenvalue weighted by atomic mass is 10.2. The van der Waals surface area contributed by atoms with Crippen molar-refractivity contribution in [1.29, 1.82) is 0 Å². The minimum Gasteiger partial charge on any atom is -0.508 e. The molecule has 0 bridgehead atoms. The average Bonchev–Trinajstić information content (AvgIpc) is 2.31. The fourth-order valence-corrected chi connectivity index (χ4v) is 3.54. The van der Waals surface area contributed by atoms with Crippen LogP contribution in [0.1, 0.15) is 11.1 Å². The van der Waals surface area contributed by atoms with Crippen molar-refractivity contribution >= 4 is 9.84 Å². The first-order valence-corrected chi connectivity index (χ1v) is 7.15. The van der Waals surface area contributed by atoms with Crippen LogP contribution >= 0.6 is 0 Å². The van der Waals surface area contributed by atoms with Crippen molar-refractivity contribution in [2.24, 2.45) is 0 Å². The normalized spacial score (nSPS) is 11.5. The number of sulfone groups is 1. The maximum absolute atomic E-state index is 12.5. The number of benzene rings is 2. The van der Waals surface area contributed by atoms with E-state index in [0.717, 1.165) is 5.56 Å². The molecule has 0 heterocycles. The van der Waals surface area contributed by atoms with E-state index in [-0.39, 0.29) is 21.3 Å². The molecule has 0 amide bonds. The van der Waals surface area contributed by atoms with Crippen LogP contribution in [0.25, 0.3) is 0 Å². The molecule has 0 atom stereocenters. The lowest BCUT2D eigenvalue weighted by Gasteiger charge is -2.10.